The first-order valence-electron chi connectivity index (χ1n) is 10.2. The summed E-state index contributed by atoms with van der Waals surface area (Å²) in [7, 11) is -3.50. The van der Waals surface area contributed by atoms with Crippen molar-refractivity contribution in [3.8, 4) is 0 Å². The normalized spacial score (nSPS) is 19.8. The van der Waals surface area contributed by atoms with E-state index in [0.29, 0.717) is 24.6 Å². The summed E-state index contributed by atoms with van der Waals surface area (Å²) < 4.78 is 26.4. The summed E-state index contributed by atoms with van der Waals surface area (Å²) in [5.41, 5.74) is 2.63. The largest absolute Gasteiger partial charge is 0.338 e. The zero-order valence-electron chi connectivity index (χ0n) is 16.7. The average molecular weight is 446 g/mol. The summed E-state index contributed by atoms with van der Waals surface area (Å²) >= 11 is 1.69. The van der Waals surface area contributed by atoms with Gasteiger partial charge in [-0.1, -0.05) is 0 Å². The molecule has 30 heavy (non-hydrogen) atoms. The SMILES string of the molecule is CS(=O)(=O)c1cnc2ncnn2c1C1CCCN(C(=O)c2csc3c2CCCC3)C1. The summed E-state index contributed by atoms with van der Waals surface area (Å²) in [5.74, 6) is 0.283. The molecule has 0 N–H and O–H groups in total. The lowest BCUT2D eigenvalue weighted by molar-refractivity contribution is 0.0703. The number of fused-ring (bicyclic) bond motifs is 2. The Balaban J connectivity index is 1.50. The molecule has 1 aliphatic carbocycles. The Morgan fingerprint density at radius 2 is 2.03 bits per heavy atom. The van der Waals surface area contributed by atoms with Crippen LogP contribution in [-0.2, 0) is 22.7 Å². The Kier molecular flexibility index (Phi) is 4.85. The Hall–Kier alpha value is -2.33. The fourth-order valence-corrected chi connectivity index (χ4v) is 6.67. The Bertz CT molecular complexity index is 1230. The van der Waals surface area contributed by atoms with Crippen LogP contribution in [-0.4, -0.2) is 58.2 Å². The standard InChI is InChI=1S/C20H23N5O3S2/c1-30(27,28)17-9-21-20-22-12-23-25(20)18(17)13-5-4-8-24(10-13)19(26)15-11-29-16-7-3-2-6-14(15)16/h9,11-13H,2-8,10H2,1H3. The van der Waals surface area contributed by atoms with Gasteiger partial charge in [0.1, 0.15) is 11.2 Å². The highest BCUT2D eigenvalue weighted by atomic mass is 32.2. The number of aromatic nitrogens is 4. The van der Waals surface area contributed by atoms with Gasteiger partial charge in [-0.25, -0.2) is 13.4 Å². The van der Waals surface area contributed by atoms with E-state index in [1.807, 2.05) is 10.3 Å². The monoisotopic (exact) mass is 445 g/mol. The van der Waals surface area contributed by atoms with E-state index in [9.17, 15) is 13.2 Å². The van der Waals surface area contributed by atoms with Crippen LogP contribution in [0.4, 0.5) is 0 Å². The number of carbonyl (C=O) groups is 1. The van der Waals surface area contributed by atoms with Gasteiger partial charge < -0.3 is 4.90 Å². The number of piperidine rings is 1. The summed E-state index contributed by atoms with van der Waals surface area (Å²) in [6.45, 7) is 1.14. The summed E-state index contributed by atoms with van der Waals surface area (Å²) in [4.78, 5) is 25.0. The first-order chi connectivity index (χ1) is 14.4. The van der Waals surface area contributed by atoms with Crippen molar-refractivity contribution in [3.63, 3.8) is 0 Å². The molecule has 0 saturated carbocycles. The Morgan fingerprint density at radius 1 is 1.20 bits per heavy atom. The summed E-state index contributed by atoms with van der Waals surface area (Å²) in [6.07, 6.45) is 9.88. The molecule has 158 valence electrons. The summed E-state index contributed by atoms with van der Waals surface area (Å²) in [6, 6.07) is 0. The van der Waals surface area contributed by atoms with Crippen molar-refractivity contribution in [2.45, 2.75) is 49.3 Å². The van der Waals surface area contributed by atoms with E-state index in [-0.39, 0.29) is 16.7 Å². The predicted octanol–water partition coefficient (Wildman–Crippen LogP) is 2.49. The Morgan fingerprint density at radius 3 is 2.87 bits per heavy atom. The third kappa shape index (κ3) is 3.31. The van der Waals surface area contributed by atoms with Gasteiger partial charge in [-0.05, 0) is 44.1 Å². The lowest BCUT2D eigenvalue weighted by Gasteiger charge is -2.33. The number of hydrogen-bond acceptors (Lipinski definition) is 7. The quantitative estimate of drug-likeness (QED) is 0.614. The number of amides is 1. The van der Waals surface area contributed by atoms with E-state index >= 15 is 0 Å². The maximum atomic E-state index is 13.4. The van der Waals surface area contributed by atoms with Crippen LogP contribution < -0.4 is 0 Å². The molecular formula is C20H23N5O3S2. The molecule has 0 bridgehead atoms. The molecule has 1 amide bonds. The van der Waals surface area contributed by atoms with Gasteiger partial charge in [0.15, 0.2) is 9.84 Å². The van der Waals surface area contributed by atoms with Crippen molar-refractivity contribution in [3.05, 3.63) is 39.6 Å². The van der Waals surface area contributed by atoms with E-state index in [1.165, 1.54) is 40.2 Å². The van der Waals surface area contributed by atoms with Gasteiger partial charge in [-0.15, -0.1) is 11.3 Å². The summed E-state index contributed by atoms with van der Waals surface area (Å²) in [5, 5.41) is 6.23. The smallest absolute Gasteiger partial charge is 0.255 e. The topological polar surface area (TPSA) is 97.5 Å². The minimum atomic E-state index is -3.50. The maximum Gasteiger partial charge on any atom is 0.255 e. The minimum Gasteiger partial charge on any atom is -0.338 e. The van der Waals surface area contributed by atoms with E-state index in [4.69, 9.17) is 0 Å². The van der Waals surface area contributed by atoms with Crippen LogP contribution in [0.15, 0.2) is 22.8 Å². The molecule has 0 radical (unpaired) electrons. The zero-order chi connectivity index (χ0) is 20.9. The van der Waals surface area contributed by atoms with Gasteiger partial charge >= 0.3 is 0 Å². The zero-order valence-corrected chi connectivity index (χ0v) is 18.4. The number of likely N-dealkylation sites (tertiary alicyclic amines) is 1. The van der Waals surface area contributed by atoms with Crippen LogP contribution in [0.1, 0.15) is 58.1 Å². The highest BCUT2D eigenvalue weighted by Crippen LogP contribution is 2.34. The lowest BCUT2D eigenvalue weighted by Crippen LogP contribution is -2.40. The molecule has 1 fully saturated rings. The molecule has 1 unspecified atom stereocenters. The molecule has 1 atom stereocenters. The molecule has 0 aromatic carbocycles. The highest BCUT2D eigenvalue weighted by Gasteiger charge is 2.33. The first-order valence-corrected chi connectivity index (χ1v) is 13.0. The molecular weight excluding hydrogens is 422 g/mol. The molecule has 3 aromatic rings. The first kappa shape index (κ1) is 19.6. The third-order valence-electron chi connectivity index (χ3n) is 6.09. The molecule has 2 aliphatic rings. The number of sulfone groups is 1. The van der Waals surface area contributed by atoms with Crippen molar-refractivity contribution in [1.82, 2.24) is 24.5 Å². The fourth-order valence-electron chi connectivity index (χ4n) is 4.67. The van der Waals surface area contributed by atoms with Crippen LogP contribution in [0.5, 0.6) is 0 Å². The molecule has 1 saturated heterocycles. The van der Waals surface area contributed by atoms with Crippen LogP contribution >= 0.6 is 11.3 Å². The van der Waals surface area contributed by atoms with Gasteiger partial charge in [0, 0.05) is 35.5 Å². The molecule has 0 spiro atoms. The number of thiophene rings is 1. The van der Waals surface area contributed by atoms with Crippen LogP contribution in [0.3, 0.4) is 0 Å². The number of aryl methyl sites for hydroxylation is 1. The second-order valence-corrected chi connectivity index (χ2v) is 11.0. The lowest BCUT2D eigenvalue weighted by atomic mass is 9.92. The van der Waals surface area contributed by atoms with E-state index < -0.39 is 9.84 Å². The van der Waals surface area contributed by atoms with E-state index in [0.717, 1.165) is 37.7 Å². The van der Waals surface area contributed by atoms with Crippen LogP contribution in [0, 0.1) is 0 Å². The van der Waals surface area contributed by atoms with Crippen molar-refractivity contribution < 1.29 is 13.2 Å². The van der Waals surface area contributed by atoms with Crippen molar-refractivity contribution >= 4 is 32.9 Å². The number of nitrogens with zero attached hydrogens (tertiary/aromatic N) is 5. The second kappa shape index (κ2) is 7.42. The molecule has 5 rings (SSSR count). The third-order valence-corrected chi connectivity index (χ3v) is 8.30. The van der Waals surface area contributed by atoms with Gasteiger partial charge in [0.05, 0.1) is 17.5 Å². The predicted molar refractivity (Wildman–Crippen MR) is 113 cm³/mol. The van der Waals surface area contributed by atoms with Crippen molar-refractivity contribution in [2.75, 3.05) is 19.3 Å². The molecule has 8 nitrogen and oxygen atoms in total. The van der Waals surface area contributed by atoms with Gasteiger partial charge in [0.25, 0.3) is 11.7 Å². The maximum absolute atomic E-state index is 13.4. The molecule has 1 aliphatic heterocycles. The minimum absolute atomic E-state index is 0.0592. The van der Waals surface area contributed by atoms with E-state index in [2.05, 4.69) is 15.1 Å². The van der Waals surface area contributed by atoms with Gasteiger partial charge in [-0.2, -0.15) is 14.6 Å². The Labute approximate surface area is 178 Å². The van der Waals surface area contributed by atoms with Crippen LogP contribution in [0.25, 0.3) is 5.78 Å². The molecule has 10 heteroatoms. The average Bonchev–Trinajstić information content (AvgIpc) is 3.39. The molecule has 4 heterocycles. The van der Waals surface area contributed by atoms with Gasteiger partial charge in [0.2, 0.25) is 0 Å². The number of hydrogen-bond donors (Lipinski definition) is 0. The fraction of sp³-hybridized carbons (Fsp3) is 0.500. The van der Waals surface area contributed by atoms with E-state index in [1.54, 1.807) is 11.3 Å². The number of rotatable bonds is 3. The van der Waals surface area contributed by atoms with Crippen molar-refractivity contribution in [1.29, 1.82) is 0 Å². The van der Waals surface area contributed by atoms with Crippen LogP contribution in [0.2, 0.25) is 0 Å². The second-order valence-electron chi connectivity index (χ2n) is 8.10. The number of carbonyl (C=O) groups excluding carboxylic acids is 1. The molecule has 3 aromatic heterocycles. The van der Waals surface area contributed by atoms with Gasteiger partial charge in [-0.3, -0.25) is 4.79 Å². The highest BCUT2D eigenvalue weighted by molar-refractivity contribution is 7.90. The van der Waals surface area contributed by atoms with Crippen molar-refractivity contribution in [2.24, 2.45) is 0 Å².